The fraction of sp³-hybridized carbons (Fsp3) is 0.250. The lowest BCUT2D eigenvalue weighted by molar-refractivity contribution is 0.336. The average Bonchev–Trinajstić information content (AvgIpc) is 2.63. The predicted octanol–water partition coefficient (Wildman–Crippen LogP) is 5.43. The summed E-state index contributed by atoms with van der Waals surface area (Å²) < 4.78 is 1.42. The average molecular weight is 422 g/mol. The molecule has 0 bridgehead atoms. The summed E-state index contributed by atoms with van der Waals surface area (Å²) >= 11 is 7.79. The first-order chi connectivity index (χ1) is 12.4. The number of nitrogens with zero attached hydrogens (tertiary/aromatic N) is 3. The van der Waals surface area contributed by atoms with Gasteiger partial charge in [-0.05, 0) is 38.5 Å². The van der Waals surface area contributed by atoms with Crippen LogP contribution in [0.15, 0.2) is 64.5 Å². The van der Waals surface area contributed by atoms with Gasteiger partial charge in [0, 0.05) is 17.5 Å². The monoisotopic (exact) mass is 421 g/mol. The van der Waals surface area contributed by atoms with Gasteiger partial charge in [-0.3, -0.25) is 9.78 Å². The molecular formula is C20H21Cl2N3OS. The number of thioether (sulfide) groups is 1. The number of benzene rings is 1. The van der Waals surface area contributed by atoms with E-state index in [1.54, 1.807) is 12.4 Å². The number of hydrogen-bond acceptors (Lipinski definition) is 4. The van der Waals surface area contributed by atoms with Crippen molar-refractivity contribution >= 4 is 35.8 Å². The lowest BCUT2D eigenvalue weighted by Crippen LogP contribution is -2.36. The Morgan fingerprint density at radius 3 is 2.41 bits per heavy atom. The highest BCUT2D eigenvalue weighted by Crippen LogP contribution is 2.28. The third-order valence-electron chi connectivity index (χ3n) is 3.83. The molecule has 1 aromatic carbocycles. The Labute approximate surface area is 174 Å². The predicted molar refractivity (Wildman–Crippen MR) is 115 cm³/mol. The van der Waals surface area contributed by atoms with Gasteiger partial charge >= 0.3 is 0 Å². The molecule has 0 N–H and O–H groups in total. The van der Waals surface area contributed by atoms with E-state index in [1.165, 1.54) is 16.4 Å². The molecule has 142 valence electrons. The maximum Gasteiger partial charge on any atom is 0.287 e. The summed E-state index contributed by atoms with van der Waals surface area (Å²) in [5.74, 6) is 0.711. The molecule has 0 saturated carbocycles. The minimum atomic E-state index is -0.398. The highest BCUT2D eigenvalue weighted by atomic mass is 35.5. The molecule has 0 spiro atoms. The Hall–Kier alpha value is -1.82. The summed E-state index contributed by atoms with van der Waals surface area (Å²) in [7, 11) is 0. The summed E-state index contributed by atoms with van der Waals surface area (Å²) in [6, 6.07) is 14.1. The minimum Gasteiger partial charge on any atom is -0.266 e. The molecule has 27 heavy (non-hydrogen) atoms. The van der Waals surface area contributed by atoms with Crippen molar-refractivity contribution in [1.82, 2.24) is 14.8 Å². The van der Waals surface area contributed by atoms with E-state index in [0.29, 0.717) is 10.6 Å². The van der Waals surface area contributed by atoms with E-state index in [9.17, 15) is 4.79 Å². The summed E-state index contributed by atoms with van der Waals surface area (Å²) in [4.78, 5) is 17.5. The van der Waals surface area contributed by atoms with E-state index in [2.05, 4.69) is 34.3 Å². The SMILES string of the molecule is CC(C)(C)n1ncc(SCc2ccc(-c3ccccn3)cc2)c(Cl)c1=O.Cl. The number of hydrogen-bond donors (Lipinski definition) is 0. The molecule has 0 saturated heterocycles. The van der Waals surface area contributed by atoms with Crippen LogP contribution in [0.3, 0.4) is 0 Å². The molecule has 2 heterocycles. The molecule has 0 radical (unpaired) electrons. The Balaban J connectivity index is 0.00000261. The zero-order valence-corrected chi connectivity index (χ0v) is 17.7. The van der Waals surface area contributed by atoms with E-state index >= 15 is 0 Å². The molecule has 3 rings (SSSR count). The Bertz CT molecular complexity index is 952. The molecule has 0 amide bonds. The van der Waals surface area contributed by atoms with E-state index in [4.69, 9.17) is 11.6 Å². The second-order valence-electron chi connectivity index (χ2n) is 6.91. The van der Waals surface area contributed by atoms with Crippen molar-refractivity contribution in [3.8, 4) is 11.3 Å². The highest BCUT2D eigenvalue weighted by molar-refractivity contribution is 7.98. The third-order valence-corrected chi connectivity index (χ3v) is 5.41. The zero-order chi connectivity index (χ0) is 18.7. The first-order valence-electron chi connectivity index (χ1n) is 8.28. The zero-order valence-electron chi connectivity index (χ0n) is 15.3. The van der Waals surface area contributed by atoms with Gasteiger partial charge in [-0.1, -0.05) is 41.9 Å². The largest absolute Gasteiger partial charge is 0.287 e. The fourth-order valence-corrected chi connectivity index (χ4v) is 3.61. The maximum atomic E-state index is 12.4. The molecule has 3 aromatic rings. The van der Waals surface area contributed by atoms with Crippen LogP contribution in [0.25, 0.3) is 11.3 Å². The molecule has 0 aliphatic rings. The standard InChI is InChI=1S/C20H20ClN3OS.ClH/c1-20(2,3)24-19(25)18(21)17(12-23-24)26-13-14-7-9-15(10-8-14)16-6-4-5-11-22-16;/h4-12H,13H2,1-3H3;1H. The summed E-state index contributed by atoms with van der Waals surface area (Å²) in [5, 5.41) is 4.49. The van der Waals surface area contributed by atoms with Crippen LogP contribution in [-0.2, 0) is 11.3 Å². The smallest absolute Gasteiger partial charge is 0.266 e. The third kappa shape index (κ3) is 5.12. The van der Waals surface area contributed by atoms with Gasteiger partial charge in [-0.15, -0.1) is 24.2 Å². The molecular weight excluding hydrogens is 401 g/mol. The summed E-state index contributed by atoms with van der Waals surface area (Å²) in [6.07, 6.45) is 3.45. The van der Waals surface area contributed by atoms with Crippen molar-refractivity contribution in [1.29, 1.82) is 0 Å². The number of rotatable bonds is 4. The second kappa shape index (κ2) is 8.91. The van der Waals surface area contributed by atoms with Gasteiger partial charge in [-0.2, -0.15) is 5.10 Å². The Kier molecular flexibility index (Phi) is 7.09. The molecule has 7 heteroatoms. The quantitative estimate of drug-likeness (QED) is 0.526. The number of halogens is 2. The molecule has 0 fully saturated rings. The van der Waals surface area contributed by atoms with Crippen molar-refractivity contribution < 1.29 is 0 Å². The van der Waals surface area contributed by atoms with Crippen LogP contribution in [0, 0.1) is 0 Å². The highest BCUT2D eigenvalue weighted by Gasteiger charge is 2.19. The lowest BCUT2D eigenvalue weighted by atomic mass is 10.1. The van der Waals surface area contributed by atoms with E-state index in [0.717, 1.165) is 16.8 Å². The normalized spacial score (nSPS) is 11.1. The number of pyridine rings is 1. The Morgan fingerprint density at radius 1 is 1.11 bits per heavy atom. The first-order valence-corrected chi connectivity index (χ1v) is 9.64. The lowest BCUT2D eigenvalue weighted by Gasteiger charge is -2.21. The molecule has 4 nitrogen and oxygen atoms in total. The maximum absolute atomic E-state index is 12.4. The van der Waals surface area contributed by atoms with Gasteiger partial charge < -0.3 is 0 Å². The van der Waals surface area contributed by atoms with Crippen LogP contribution >= 0.6 is 35.8 Å². The summed E-state index contributed by atoms with van der Waals surface area (Å²) in [5.41, 5.74) is 2.52. The summed E-state index contributed by atoms with van der Waals surface area (Å²) in [6.45, 7) is 5.77. The van der Waals surface area contributed by atoms with Gasteiger partial charge in [0.25, 0.3) is 5.56 Å². The minimum absolute atomic E-state index is 0. The van der Waals surface area contributed by atoms with Gasteiger partial charge in [0.15, 0.2) is 0 Å². The van der Waals surface area contributed by atoms with E-state index in [1.807, 2.05) is 39.0 Å². The molecule has 0 atom stereocenters. The van der Waals surface area contributed by atoms with Crippen LogP contribution in [-0.4, -0.2) is 14.8 Å². The molecule has 0 aliphatic carbocycles. The second-order valence-corrected chi connectivity index (χ2v) is 8.31. The van der Waals surface area contributed by atoms with Crippen LogP contribution in [0.5, 0.6) is 0 Å². The van der Waals surface area contributed by atoms with E-state index < -0.39 is 5.54 Å². The van der Waals surface area contributed by atoms with Crippen LogP contribution in [0.1, 0.15) is 26.3 Å². The van der Waals surface area contributed by atoms with Crippen molar-refractivity contribution in [2.75, 3.05) is 0 Å². The van der Waals surface area contributed by atoms with Crippen LogP contribution in [0.2, 0.25) is 5.02 Å². The molecule has 2 aromatic heterocycles. The molecule has 0 unspecified atom stereocenters. The fourth-order valence-electron chi connectivity index (χ4n) is 2.46. The van der Waals surface area contributed by atoms with Crippen molar-refractivity contribution in [2.24, 2.45) is 0 Å². The van der Waals surface area contributed by atoms with Crippen molar-refractivity contribution in [2.45, 2.75) is 37.0 Å². The first kappa shape index (κ1) is 21.5. The molecule has 0 aliphatic heterocycles. The van der Waals surface area contributed by atoms with Crippen molar-refractivity contribution in [3.63, 3.8) is 0 Å². The van der Waals surface area contributed by atoms with Gasteiger partial charge in [-0.25, -0.2) is 4.68 Å². The Morgan fingerprint density at radius 2 is 1.81 bits per heavy atom. The van der Waals surface area contributed by atoms with Crippen molar-refractivity contribution in [3.05, 3.63) is 75.8 Å². The number of aromatic nitrogens is 3. The van der Waals surface area contributed by atoms with Gasteiger partial charge in [0.1, 0.15) is 5.02 Å². The topological polar surface area (TPSA) is 47.8 Å². The van der Waals surface area contributed by atoms with Gasteiger partial charge in [0.05, 0.1) is 22.3 Å². The van der Waals surface area contributed by atoms with Crippen LogP contribution < -0.4 is 5.56 Å². The van der Waals surface area contributed by atoms with Crippen LogP contribution in [0.4, 0.5) is 0 Å². The van der Waals surface area contributed by atoms with E-state index in [-0.39, 0.29) is 23.0 Å². The van der Waals surface area contributed by atoms with Gasteiger partial charge in [0.2, 0.25) is 0 Å².